The summed E-state index contributed by atoms with van der Waals surface area (Å²) in [5.41, 5.74) is 0. The van der Waals surface area contributed by atoms with Crippen LogP contribution in [0.25, 0.3) is 0 Å². The van der Waals surface area contributed by atoms with Gasteiger partial charge in [0.05, 0.1) is 11.8 Å². The fourth-order valence-electron chi connectivity index (χ4n) is 3.98. The van der Waals surface area contributed by atoms with Gasteiger partial charge in [0.1, 0.15) is 0 Å². The van der Waals surface area contributed by atoms with Gasteiger partial charge in [-0.25, -0.2) is 0 Å². The van der Waals surface area contributed by atoms with Crippen LogP contribution in [-0.4, -0.2) is 22.2 Å². The number of carboxylic acid groups (broad SMARTS) is 2. The molecule has 1 aliphatic rings. The second-order valence-corrected chi connectivity index (χ2v) is 7.16. The first kappa shape index (κ1) is 20.7. The fraction of sp³-hybridized carbons (Fsp3) is 0.800. The Kier molecular flexibility index (Phi) is 9.73. The number of carbonyl (C=O) groups is 2. The molecule has 0 bridgehead atoms. The third-order valence-corrected chi connectivity index (χ3v) is 5.32. The number of allylic oxidation sites excluding steroid dienone is 2. The number of hydrogen-bond donors (Lipinski definition) is 2. The fourth-order valence-corrected chi connectivity index (χ4v) is 3.98. The molecule has 4 unspecified atom stereocenters. The lowest BCUT2D eigenvalue weighted by Gasteiger charge is -2.30. The zero-order valence-electron chi connectivity index (χ0n) is 15.2. The maximum atomic E-state index is 11.9. The first-order valence-electron chi connectivity index (χ1n) is 9.65. The highest BCUT2D eigenvalue weighted by Gasteiger charge is 2.43. The predicted octanol–water partition coefficient (Wildman–Crippen LogP) is 5.13. The number of carboxylic acids is 2. The molecule has 0 spiro atoms. The van der Waals surface area contributed by atoms with Gasteiger partial charge in [-0.05, 0) is 31.1 Å². The van der Waals surface area contributed by atoms with Crippen LogP contribution in [0, 0.1) is 23.7 Å². The van der Waals surface area contributed by atoms with E-state index in [1.807, 2.05) is 12.2 Å². The van der Waals surface area contributed by atoms with Crippen molar-refractivity contribution < 1.29 is 19.8 Å². The molecule has 0 amide bonds. The van der Waals surface area contributed by atoms with Gasteiger partial charge in [0.15, 0.2) is 0 Å². The summed E-state index contributed by atoms with van der Waals surface area (Å²) in [6.07, 6.45) is 13.8. The summed E-state index contributed by atoms with van der Waals surface area (Å²) in [5, 5.41) is 19.5. The van der Waals surface area contributed by atoms with Crippen LogP contribution in [0.5, 0.6) is 0 Å². The SMILES string of the molecule is CCCCCCC1C=CCC(CCCCC)C(C(=O)O)C1C(=O)O. The Labute approximate surface area is 146 Å². The summed E-state index contributed by atoms with van der Waals surface area (Å²) in [4.78, 5) is 23.8. The van der Waals surface area contributed by atoms with E-state index in [1.165, 1.54) is 0 Å². The standard InChI is InChI=1S/C20H34O4/c1-3-5-7-9-12-16-14-10-13-15(11-8-6-4-2)17(19(21)22)18(16)20(23)24/h10,14-18H,3-9,11-13H2,1-2H3,(H,21,22)(H,23,24). The molecule has 138 valence electrons. The molecular weight excluding hydrogens is 304 g/mol. The van der Waals surface area contributed by atoms with E-state index < -0.39 is 23.8 Å². The molecule has 24 heavy (non-hydrogen) atoms. The Morgan fingerprint density at radius 1 is 0.875 bits per heavy atom. The van der Waals surface area contributed by atoms with Crippen molar-refractivity contribution in [2.45, 2.75) is 78.1 Å². The molecule has 0 radical (unpaired) electrons. The molecule has 2 N–H and O–H groups in total. The first-order valence-corrected chi connectivity index (χ1v) is 9.65. The zero-order chi connectivity index (χ0) is 17.9. The van der Waals surface area contributed by atoms with E-state index in [0.717, 1.165) is 57.8 Å². The van der Waals surface area contributed by atoms with Crippen LogP contribution in [0.1, 0.15) is 78.1 Å². The molecule has 0 aromatic rings. The van der Waals surface area contributed by atoms with Crippen LogP contribution in [0.15, 0.2) is 12.2 Å². The smallest absolute Gasteiger partial charge is 0.307 e. The van der Waals surface area contributed by atoms with Crippen LogP contribution in [0.2, 0.25) is 0 Å². The normalized spacial score (nSPS) is 26.9. The monoisotopic (exact) mass is 338 g/mol. The summed E-state index contributed by atoms with van der Waals surface area (Å²) < 4.78 is 0. The van der Waals surface area contributed by atoms with Crippen molar-refractivity contribution >= 4 is 11.9 Å². The quantitative estimate of drug-likeness (QED) is 0.404. The number of unbranched alkanes of at least 4 members (excludes halogenated alkanes) is 5. The van der Waals surface area contributed by atoms with Gasteiger partial charge in [0.2, 0.25) is 0 Å². The molecule has 0 fully saturated rings. The highest BCUT2D eigenvalue weighted by atomic mass is 16.4. The molecule has 0 saturated heterocycles. The van der Waals surface area contributed by atoms with Gasteiger partial charge in [-0.1, -0.05) is 70.9 Å². The molecule has 4 atom stereocenters. The van der Waals surface area contributed by atoms with Crippen molar-refractivity contribution in [3.63, 3.8) is 0 Å². The van der Waals surface area contributed by atoms with E-state index in [4.69, 9.17) is 0 Å². The van der Waals surface area contributed by atoms with Gasteiger partial charge >= 0.3 is 11.9 Å². The second-order valence-electron chi connectivity index (χ2n) is 7.16. The largest absolute Gasteiger partial charge is 0.481 e. The van der Waals surface area contributed by atoms with E-state index in [9.17, 15) is 19.8 Å². The van der Waals surface area contributed by atoms with Crippen LogP contribution in [-0.2, 0) is 9.59 Å². The lowest BCUT2D eigenvalue weighted by Crippen LogP contribution is -2.38. The Hall–Kier alpha value is -1.32. The molecule has 0 aromatic heterocycles. The average Bonchev–Trinajstić information content (AvgIpc) is 2.71. The lowest BCUT2D eigenvalue weighted by atomic mass is 9.73. The van der Waals surface area contributed by atoms with Crippen molar-refractivity contribution in [1.82, 2.24) is 0 Å². The molecule has 1 aliphatic carbocycles. The highest BCUT2D eigenvalue weighted by Crippen LogP contribution is 2.39. The summed E-state index contributed by atoms with van der Waals surface area (Å²) in [6.45, 7) is 4.26. The first-order chi connectivity index (χ1) is 11.5. The van der Waals surface area contributed by atoms with E-state index in [0.29, 0.717) is 6.42 Å². The van der Waals surface area contributed by atoms with Gasteiger partial charge in [0, 0.05) is 0 Å². The maximum Gasteiger partial charge on any atom is 0.307 e. The topological polar surface area (TPSA) is 74.6 Å². The van der Waals surface area contributed by atoms with Crippen LogP contribution < -0.4 is 0 Å². The predicted molar refractivity (Wildman–Crippen MR) is 95.9 cm³/mol. The number of hydrogen-bond acceptors (Lipinski definition) is 2. The van der Waals surface area contributed by atoms with Crippen LogP contribution in [0.3, 0.4) is 0 Å². The summed E-state index contributed by atoms with van der Waals surface area (Å²) in [5.74, 6) is -3.68. The van der Waals surface area contributed by atoms with E-state index in [-0.39, 0.29) is 11.8 Å². The van der Waals surface area contributed by atoms with Crippen LogP contribution >= 0.6 is 0 Å². The minimum absolute atomic E-state index is 0.0629. The molecule has 0 heterocycles. The Bertz CT molecular complexity index is 416. The minimum atomic E-state index is -0.949. The van der Waals surface area contributed by atoms with Gasteiger partial charge < -0.3 is 10.2 Å². The second kappa shape index (κ2) is 11.3. The molecule has 0 aromatic carbocycles. The van der Waals surface area contributed by atoms with Crippen molar-refractivity contribution in [3.8, 4) is 0 Å². The third-order valence-electron chi connectivity index (χ3n) is 5.32. The molecule has 0 saturated carbocycles. The molecule has 4 nitrogen and oxygen atoms in total. The van der Waals surface area contributed by atoms with Crippen molar-refractivity contribution in [3.05, 3.63) is 12.2 Å². The highest BCUT2D eigenvalue weighted by molar-refractivity contribution is 5.81. The van der Waals surface area contributed by atoms with E-state index in [2.05, 4.69) is 13.8 Å². The number of rotatable bonds is 11. The summed E-state index contributed by atoms with van der Waals surface area (Å²) in [7, 11) is 0. The van der Waals surface area contributed by atoms with Gasteiger partial charge in [-0.2, -0.15) is 0 Å². The molecule has 1 rings (SSSR count). The van der Waals surface area contributed by atoms with Crippen LogP contribution in [0.4, 0.5) is 0 Å². The van der Waals surface area contributed by atoms with Crippen molar-refractivity contribution in [1.29, 1.82) is 0 Å². The molecule has 0 aliphatic heterocycles. The number of aliphatic carboxylic acids is 2. The summed E-state index contributed by atoms with van der Waals surface area (Å²) >= 11 is 0. The molecule has 4 heteroatoms. The van der Waals surface area contributed by atoms with Crippen molar-refractivity contribution in [2.24, 2.45) is 23.7 Å². The van der Waals surface area contributed by atoms with Gasteiger partial charge in [0.25, 0.3) is 0 Å². The van der Waals surface area contributed by atoms with Crippen molar-refractivity contribution in [2.75, 3.05) is 0 Å². The van der Waals surface area contributed by atoms with E-state index in [1.54, 1.807) is 0 Å². The Morgan fingerprint density at radius 2 is 1.46 bits per heavy atom. The van der Waals surface area contributed by atoms with Gasteiger partial charge in [-0.3, -0.25) is 9.59 Å². The molecular formula is C20H34O4. The maximum absolute atomic E-state index is 11.9. The lowest BCUT2D eigenvalue weighted by molar-refractivity contribution is -0.158. The van der Waals surface area contributed by atoms with E-state index >= 15 is 0 Å². The Balaban J connectivity index is 2.87. The average molecular weight is 338 g/mol. The van der Waals surface area contributed by atoms with Gasteiger partial charge in [-0.15, -0.1) is 0 Å². The summed E-state index contributed by atoms with van der Waals surface area (Å²) in [6, 6.07) is 0. The zero-order valence-corrected chi connectivity index (χ0v) is 15.2. The minimum Gasteiger partial charge on any atom is -0.481 e. The third kappa shape index (κ3) is 6.29. The Morgan fingerprint density at radius 3 is 2.04 bits per heavy atom.